The van der Waals surface area contributed by atoms with Crippen LogP contribution in [0, 0.1) is 0 Å². The zero-order valence-corrected chi connectivity index (χ0v) is 19.8. The summed E-state index contributed by atoms with van der Waals surface area (Å²) in [5.74, 6) is -1.01. The van der Waals surface area contributed by atoms with Crippen LogP contribution >= 0.6 is 0 Å². The van der Waals surface area contributed by atoms with E-state index >= 15 is 0 Å². The fourth-order valence-electron chi connectivity index (χ4n) is 3.70. The van der Waals surface area contributed by atoms with Crippen molar-refractivity contribution in [2.75, 3.05) is 19.1 Å². The summed E-state index contributed by atoms with van der Waals surface area (Å²) in [7, 11) is -1.47. The monoisotopic (exact) mass is 490 g/mol. The normalized spacial score (nSPS) is 14.9. The van der Waals surface area contributed by atoms with Gasteiger partial charge in [-0.1, -0.05) is 54.6 Å². The van der Waals surface area contributed by atoms with Gasteiger partial charge in [-0.25, -0.2) is 13.2 Å². The lowest BCUT2D eigenvalue weighted by atomic mass is 10.0. The highest BCUT2D eigenvalue weighted by Crippen LogP contribution is 2.41. The fraction of sp³-hybridized carbons (Fsp3) is 0.0769. The number of nitrogens with one attached hydrogen (secondary N) is 1. The van der Waals surface area contributed by atoms with Crippen LogP contribution in [0.15, 0.2) is 107 Å². The summed E-state index contributed by atoms with van der Waals surface area (Å²) in [6.07, 6.45) is 1.04. The molecule has 0 aliphatic carbocycles. The van der Waals surface area contributed by atoms with E-state index in [1.165, 1.54) is 31.3 Å². The van der Waals surface area contributed by atoms with Crippen molar-refractivity contribution >= 4 is 33.0 Å². The molecule has 1 heterocycles. The molecule has 1 aliphatic heterocycles. The fourth-order valence-corrected chi connectivity index (χ4v) is 4.78. The molecular formula is C26H22N2O6S. The first-order chi connectivity index (χ1) is 16.9. The van der Waals surface area contributed by atoms with E-state index in [4.69, 9.17) is 9.47 Å². The number of anilines is 1. The molecule has 1 aliphatic rings. The third-order valence-electron chi connectivity index (χ3n) is 5.29. The smallest absolute Gasteiger partial charge is 0.332 e. The molecule has 0 amide bonds. The number of hydrogen-bond acceptors (Lipinski definition) is 7. The van der Waals surface area contributed by atoms with Gasteiger partial charge in [-0.3, -0.25) is 14.4 Å². The molecule has 9 heteroatoms. The van der Waals surface area contributed by atoms with Crippen LogP contribution in [0.3, 0.4) is 0 Å². The van der Waals surface area contributed by atoms with Gasteiger partial charge in [-0.15, -0.1) is 0 Å². The molecule has 0 unspecified atom stereocenters. The number of ether oxygens (including phenoxy) is 2. The van der Waals surface area contributed by atoms with Crippen molar-refractivity contribution < 1.29 is 27.5 Å². The van der Waals surface area contributed by atoms with Gasteiger partial charge in [0.05, 0.1) is 30.8 Å². The van der Waals surface area contributed by atoms with Crippen LogP contribution < -0.4 is 14.4 Å². The van der Waals surface area contributed by atoms with E-state index in [0.29, 0.717) is 17.0 Å². The Labute approximate surface area is 203 Å². The lowest BCUT2D eigenvalue weighted by molar-refractivity contribution is -0.135. The Bertz CT molecular complexity index is 1430. The molecular weight excluding hydrogens is 468 g/mol. The number of carbonyl (C=O) groups is 2. The lowest BCUT2D eigenvalue weighted by Gasteiger charge is -2.24. The number of benzene rings is 3. The molecule has 0 saturated carbocycles. The topological polar surface area (TPSA) is 102 Å². The number of hydrogen-bond donors (Lipinski definition) is 1. The van der Waals surface area contributed by atoms with E-state index in [9.17, 15) is 18.0 Å². The summed E-state index contributed by atoms with van der Waals surface area (Å²) in [5, 5.41) is 0. The lowest BCUT2D eigenvalue weighted by Crippen LogP contribution is -2.33. The average Bonchev–Trinajstić information content (AvgIpc) is 3.14. The average molecular weight is 491 g/mol. The molecule has 0 spiro atoms. The molecule has 0 bridgehead atoms. The Balaban J connectivity index is 2.01. The molecule has 1 N–H and O–H groups in total. The Morgan fingerprint density at radius 3 is 2.11 bits per heavy atom. The van der Waals surface area contributed by atoms with E-state index in [0.717, 1.165) is 6.08 Å². The molecule has 3 aromatic rings. The Morgan fingerprint density at radius 1 is 0.886 bits per heavy atom. The Hall–Kier alpha value is -4.37. The van der Waals surface area contributed by atoms with Gasteiger partial charge in [-0.2, -0.15) is 0 Å². The summed E-state index contributed by atoms with van der Waals surface area (Å²) < 4.78 is 39.5. The second-order valence-electron chi connectivity index (χ2n) is 7.40. The van der Waals surface area contributed by atoms with Gasteiger partial charge >= 0.3 is 5.97 Å². The number of methoxy groups -OCH3 is 2. The predicted octanol–water partition coefficient (Wildman–Crippen LogP) is 3.49. The van der Waals surface area contributed by atoms with Crippen LogP contribution in [0.4, 0.5) is 5.69 Å². The molecule has 35 heavy (non-hydrogen) atoms. The first kappa shape index (κ1) is 23.8. The Kier molecular flexibility index (Phi) is 6.70. The van der Waals surface area contributed by atoms with Crippen molar-refractivity contribution in [3.05, 3.63) is 108 Å². The number of carbonyl (C=O) groups excluding carboxylic acids is 2. The molecule has 0 aromatic heterocycles. The van der Waals surface area contributed by atoms with E-state index in [1.807, 2.05) is 0 Å². The molecule has 4 rings (SSSR count). The standard InChI is InChI=1S/C26H22N2O6S/c1-33-22-16-10-9-15-20(22)24-25(30)21(17-23(29)34-2)28(18-11-5-3-6-12-18)26(24)27-35(31,32)19-13-7-4-8-14-19/h3-17,27H,1-2H3/b21-17+. The van der Waals surface area contributed by atoms with Crippen LogP contribution in [0.25, 0.3) is 5.57 Å². The first-order valence-corrected chi connectivity index (χ1v) is 12.0. The molecule has 0 saturated heterocycles. The SMILES string of the molecule is COC(=O)/C=C1\C(=O)C(c2ccccc2OC)=C(NS(=O)(=O)c2ccccc2)N1c1ccccc1. The highest BCUT2D eigenvalue weighted by Gasteiger charge is 2.40. The largest absolute Gasteiger partial charge is 0.496 e. The van der Waals surface area contributed by atoms with Crippen molar-refractivity contribution in [1.82, 2.24) is 4.72 Å². The number of nitrogens with zero attached hydrogens (tertiary/aromatic N) is 1. The maximum absolute atomic E-state index is 13.8. The van der Waals surface area contributed by atoms with E-state index in [2.05, 4.69) is 4.72 Å². The molecule has 3 aromatic carbocycles. The van der Waals surface area contributed by atoms with Crippen LogP contribution in [-0.4, -0.2) is 34.4 Å². The zero-order chi connectivity index (χ0) is 25.0. The van der Waals surface area contributed by atoms with Crippen LogP contribution in [0.1, 0.15) is 5.56 Å². The molecule has 0 radical (unpaired) electrons. The maximum Gasteiger partial charge on any atom is 0.332 e. The van der Waals surface area contributed by atoms with Gasteiger partial charge in [0.15, 0.2) is 0 Å². The van der Waals surface area contributed by atoms with Gasteiger partial charge in [0.25, 0.3) is 10.0 Å². The molecule has 0 atom stereocenters. The number of rotatable bonds is 7. The number of para-hydroxylation sites is 2. The highest BCUT2D eigenvalue weighted by molar-refractivity contribution is 7.89. The van der Waals surface area contributed by atoms with Crippen molar-refractivity contribution in [3.8, 4) is 5.75 Å². The summed E-state index contributed by atoms with van der Waals surface area (Å²) >= 11 is 0. The van der Waals surface area contributed by atoms with Gasteiger partial charge < -0.3 is 9.47 Å². The van der Waals surface area contributed by atoms with Gasteiger partial charge in [0.1, 0.15) is 17.3 Å². The summed E-state index contributed by atoms with van der Waals surface area (Å²) in [4.78, 5) is 27.4. The van der Waals surface area contributed by atoms with Crippen molar-refractivity contribution in [3.63, 3.8) is 0 Å². The number of ketones is 1. The van der Waals surface area contributed by atoms with Crippen LogP contribution in [0.5, 0.6) is 5.75 Å². The van der Waals surface area contributed by atoms with Crippen LogP contribution in [0.2, 0.25) is 0 Å². The van der Waals surface area contributed by atoms with Crippen molar-refractivity contribution in [2.24, 2.45) is 0 Å². The second-order valence-corrected chi connectivity index (χ2v) is 9.08. The van der Waals surface area contributed by atoms with Gasteiger partial charge in [0.2, 0.25) is 5.78 Å². The van der Waals surface area contributed by atoms with Crippen LogP contribution in [-0.2, 0) is 24.3 Å². The summed E-state index contributed by atoms with van der Waals surface area (Å²) in [6, 6.07) is 23.2. The minimum absolute atomic E-state index is 0.0118. The van der Waals surface area contributed by atoms with E-state index in [-0.39, 0.29) is 22.0 Å². The number of Topliss-reactive ketones (excluding diaryl/α,β-unsaturated/α-hetero) is 1. The zero-order valence-electron chi connectivity index (χ0n) is 19.0. The van der Waals surface area contributed by atoms with Crippen molar-refractivity contribution in [2.45, 2.75) is 4.90 Å². The minimum atomic E-state index is -4.11. The Morgan fingerprint density at radius 2 is 1.49 bits per heavy atom. The number of esters is 1. The quantitative estimate of drug-likeness (QED) is 0.400. The summed E-state index contributed by atoms with van der Waals surface area (Å²) in [6.45, 7) is 0. The number of allylic oxidation sites excluding steroid dienone is 1. The minimum Gasteiger partial charge on any atom is -0.496 e. The third kappa shape index (κ3) is 4.67. The van der Waals surface area contributed by atoms with E-state index < -0.39 is 21.8 Å². The molecule has 8 nitrogen and oxygen atoms in total. The highest BCUT2D eigenvalue weighted by atomic mass is 32.2. The van der Waals surface area contributed by atoms with E-state index in [1.54, 1.807) is 72.8 Å². The number of sulfonamides is 1. The predicted molar refractivity (Wildman–Crippen MR) is 131 cm³/mol. The van der Waals surface area contributed by atoms with Crippen molar-refractivity contribution in [1.29, 1.82) is 0 Å². The molecule has 178 valence electrons. The maximum atomic E-state index is 13.8. The van der Waals surface area contributed by atoms with Gasteiger partial charge in [0, 0.05) is 11.3 Å². The summed E-state index contributed by atoms with van der Waals surface area (Å²) in [5.41, 5.74) is 0.780. The van der Waals surface area contributed by atoms with Gasteiger partial charge in [-0.05, 0) is 30.3 Å². The second kappa shape index (κ2) is 9.86. The third-order valence-corrected chi connectivity index (χ3v) is 6.65. The molecule has 0 fully saturated rings. The first-order valence-electron chi connectivity index (χ1n) is 10.5.